The van der Waals surface area contributed by atoms with Crippen molar-refractivity contribution in [1.29, 1.82) is 0 Å². The molecular formula is C19H19N3O4. The number of hydrogen-bond donors (Lipinski definition) is 2. The van der Waals surface area contributed by atoms with Crippen molar-refractivity contribution in [3.05, 3.63) is 60.2 Å². The number of hydrogen-bond acceptors (Lipinski definition) is 4. The molecule has 0 saturated carbocycles. The van der Waals surface area contributed by atoms with E-state index in [1.807, 2.05) is 18.2 Å². The minimum absolute atomic E-state index is 0.0261. The van der Waals surface area contributed by atoms with Crippen LogP contribution in [-0.4, -0.2) is 48.9 Å². The van der Waals surface area contributed by atoms with Gasteiger partial charge in [-0.25, -0.2) is 0 Å². The first kappa shape index (κ1) is 17.5. The SMILES string of the molecule is O=C1CN(C(=O)COc2ccccc2C(=O)Nc2ccccc2)CCN1. The minimum atomic E-state index is -0.323. The highest BCUT2D eigenvalue weighted by Crippen LogP contribution is 2.20. The molecule has 2 aromatic rings. The Hall–Kier alpha value is -3.35. The first-order valence-corrected chi connectivity index (χ1v) is 8.26. The van der Waals surface area contributed by atoms with Gasteiger partial charge in [-0.2, -0.15) is 0 Å². The normalized spacial score (nSPS) is 13.7. The number of nitrogens with zero attached hydrogens (tertiary/aromatic N) is 1. The van der Waals surface area contributed by atoms with Crippen LogP contribution in [0, 0.1) is 0 Å². The van der Waals surface area contributed by atoms with Gasteiger partial charge in [-0.1, -0.05) is 30.3 Å². The summed E-state index contributed by atoms with van der Waals surface area (Å²) in [6, 6.07) is 15.8. The number of ether oxygens (including phenoxy) is 1. The van der Waals surface area contributed by atoms with Crippen LogP contribution in [0.3, 0.4) is 0 Å². The summed E-state index contributed by atoms with van der Waals surface area (Å²) in [4.78, 5) is 37.5. The molecule has 7 nitrogen and oxygen atoms in total. The Bertz CT molecular complexity index is 807. The summed E-state index contributed by atoms with van der Waals surface area (Å²) in [5.41, 5.74) is 1.00. The van der Waals surface area contributed by atoms with Crippen LogP contribution in [-0.2, 0) is 9.59 Å². The monoisotopic (exact) mass is 353 g/mol. The topological polar surface area (TPSA) is 87.7 Å². The van der Waals surface area contributed by atoms with Crippen LogP contribution in [0.15, 0.2) is 54.6 Å². The van der Waals surface area contributed by atoms with E-state index in [0.717, 1.165) is 0 Å². The Kier molecular flexibility index (Phi) is 5.48. The number of benzene rings is 2. The number of carbonyl (C=O) groups is 3. The van der Waals surface area contributed by atoms with Crippen LogP contribution < -0.4 is 15.4 Å². The van der Waals surface area contributed by atoms with Crippen molar-refractivity contribution < 1.29 is 19.1 Å². The van der Waals surface area contributed by atoms with Gasteiger partial charge in [0.25, 0.3) is 11.8 Å². The molecular weight excluding hydrogens is 334 g/mol. The zero-order valence-corrected chi connectivity index (χ0v) is 14.1. The maximum Gasteiger partial charge on any atom is 0.261 e. The van der Waals surface area contributed by atoms with Crippen LogP contribution in [0.2, 0.25) is 0 Å². The second kappa shape index (κ2) is 8.15. The van der Waals surface area contributed by atoms with E-state index in [-0.39, 0.29) is 30.9 Å². The molecule has 134 valence electrons. The Morgan fingerprint density at radius 2 is 1.81 bits per heavy atom. The number of rotatable bonds is 5. The average molecular weight is 353 g/mol. The van der Waals surface area contributed by atoms with Crippen molar-refractivity contribution in [2.45, 2.75) is 0 Å². The molecule has 3 amide bonds. The summed E-state index contributed by atoms with van der Waals surface area (Å²) >= 11 is 0. The lowest BCUT2D eigenvalue weighted by atomic mass is 10.2. The largest absolute Gasteiger partial charge is 0.483 e. The van der Waals surface area contributed by atoms with Gasteiger partial charge in [-0.3, -0.25) is 14.4 Å². The minimum Gasteiger partial charge on any atom is -0.483 e. The Morgan fingerprint density at radius 3 is 2.58 bits per heavy atom. The van der Waals surface area contributed by atoms with Crippen molar-refractivity contribution in [3.63, 3.8) is 0 Å². The summed E-state index contributed by atoms with van der Waals surface area (Å²) in [6.45, 7) is 0.673. The highest BCUT2D eigenvalue weighted by molar-refractivity contribution is 6.06. The lowest BCUT2D eigenvalue weighted by molar-refractivity contribution is -0.139. The van der Waals surface area contributed by atoms with Crippen LogP contribution in [0.5, 0.6) is 5.75 Å². The van der Waals surface area contributed by atoms with Gasteiger partial charge >= 0.3 is 0 Å². The molecule has 2 N–H and O–H groups in total. The molecule has 0 radical (unpaired) electrons. The zero-order chi connectivity index (χ0) is 18.4. The van der Waals surface area contributed by atoms with Crippen molar-refractivity contribution in [2.24, 2.45) is 0 Å². The number of carbonyl (C=O) groups excluding carboxylic acids is 3. The van der Waals surface area contributed by atoms with Crippen molar-refractivity contribution in [2.75, 3.05) is 31.6 Å². The summed E-state index contributed by atoms with van der Waals surface area (Å²) < 4.78 is 5.56. The van der Waals surface area contributed by atoms with Crippen molar-refractivity contribution in [1.82, 2.24) is 10.2 Å². The van der Waals surface area contributed by atoms with Gasteiger partial charge in [0.2, 0.25) is 5.91 Å². The Morgan fingerprint density at radius 1 is 1.08 bits per heavy atom. The molecule has 1 aliphatic rings. The zero-order valence-electron chi connectivity index (χ0n) is 14.1. The highest BCUT2D eigenvalue weighted by Gasteiger charge is 2.22. The number of piperazine rings is 1. The van der Waals surface area contributed by atoms with E-state index >= 15 is 0 Å². The smallest absolute Gasteiger partial charge is 0.261 e. The molecule has 3 rings (SSSR count). The lowest BCUT2D eigenvalue weighted by Crippen LogP contribution is -2.51. The molecule has 1 fully saturated rings. The van der Waals surface area contributed by atoms with Crippen LogP contribution >= 0.6 is 0 Å². The van der Waals surface area contributed by atoms with Crippen LogP contribution in [0.25, 0.3) is 0 Å². The van der Waals surface area contributed by atoms with Gasteiger partial charge in [0.1, 0.15) is 5.75 Å². The van der Waals surface area contributed by atoms with E-state index in [1.54, 1.807) is 36.4 Å². The summed E-state index contributed by atoms with van der Waals surface area (Å²) in [5, 5.41) is 5.45. The number of amides is 3. The highest BCUT2D eigenvalue weighted by atomic mass is 16.5. The molecule has 1 heterocycles. The maximum atomic E-state index is 12.5. The van der Waals surface area contributed by atoms with E-state index in [9.17, 15) is 14.4 Å². The molecule has 1 saturated heterocycles. The van der Waals surface area contributed by atoms with Crippen LogP contribution in [0.1, 0.15) is 10.4 Å². The van der Waals surface area contributed by atoms with E-state index in [0.29, 0.717) is 30.1 Å². The fraction of sp³-hybridized carbons (Fsp3) is 0.211. The Labute approximate surface area is 150 Å². The molecule has 7 heteroatoms. The second-order valence-corrected chi connectivity index (χ2v) is 5.77. The molecule has 1 aliphatic heterocycles. The van der Waals surface area contributed by atoms with Crippen molar-refractivity contribution >= 4 is 23.4 Å². The van der Waals surface area contributed by atoms with E-state index in [1.165, 1.54) is 4.90 Å². The van der Waals surface area contributed by atoms with Gasteiger partial charge in [0, 0.05) is 18.8 Å². The third-order valence-corrected chi connectivity index (χ3v) is 3.91. The van der Waals surface area contributed by atoms with E-state index < -0.39 is 0 Å². The summed E-state index contributed by atoms with van der Waals surface area (Å²) in [5.74, 6) is -0.488. The second-order valence-electron chi connectivity index (χ2n) is 5.77. The van der Waals surface area contributed by atoms with Gasteiger partial charge in [-0.05, 0) is 24.3 Å². The molecule has 0 aromatic heterocycles. The number of para-hydroxylation sites is 2. The molecule has 0 bridgehead atoms. The summed E-state index contributed by atoms with van der Waals surface area (Å²) in [7, 11) is 0. The van der Waals surface area contributed by atoms with Gasteiger partial charge in [-0.15, -0.1) is 0 Å². The molecule has 26 heavy (non-hydrogen) atoms. The number of nitrogens with one attached hydrogen (secondary N) is 2. The van der Waals surface area contributed by atoms with E-state index in [2.05, 4.69) is 10.6 Å². The molecule has 2 aromatic carbocycles. The fourth-order valence-electron chi connectivity index (χ4n) is 2.58. The van der Waals surface area contributed by atoms with Gasteiger partial charge in [0.05, 0.1) is 12.1 Å². The fourth-order valence-corrected chi connectivity index (χ4v) is 2.58. The van der Waals surface area contributed by atoms with Gasteiger partial charge in [0.15, 0.2) is 6.61 Å². The van der Waals surface area contributed by atoms with E-state index in [4.69, 9.17) is 4.74 Å². The molecule has 0 aliphatic carbocycles. The third kappa shape index (κ3) is 4.38. The maximum absolute atomic E-state index is 12.5. The quantitative estimate of drug-likeness (QED) is 0.848. The molecule has 0 atom stereocenters. The predicted molar refractivity (Wildman–Crippen MR) is 95.9 cm³/mol. The number of anilines is 1. The third-order valence-electron chi connectivity index (χ3n) is 3.91. The molecule has 0 spiro atoms. The Balaban J connectivity index is 1.64. The first-order chi connectivity index (χ1) is 12.6. The van der Waals surface area contributed by atoms with Crippen molar-refractivity contribution in [3.8, 4) is 5.75 Å². The standard InChI is InChI=1S/C19H19N3O4/c23-17-12-22(11-10-20-17)18(24)13-26-16-9-5-4-8-15(16)19(25)21-14-6-2-1-3-7-14/h1-9H,10-13H2,(H,20,23)(H,21,25). The van der Waals surface area contributed by atoms with Crippen LogP contribution in [0.4, 0.5) is 5.69 Å². The lowest BCUT2D eigenvalue weighted by Gasteiger charge is -2.26. The average Bonchev–Trinajstić information content (AvgIpc) is 2.67. The van der Waals surface area contributed by atoms with Gasteiger partial charge < -0.3 is 20.3 Å². The summed E-state index contributed by atoms with van der Waals surface area (Å²) in [6.07, 6.45) is 0. The predicted octanol–water partition coefficient (Wildman–Crippen LogP) is 1.28. The first-order valence-electron chi connectivity index (χ1n) is 8.26. The molecule has 0 unspecified atom stereocenters.